The van der Waals surface area contributed by atoms with Crippen LogP contribution in [0.4, 0.5) is 0 Å². The van der Waals surface area contributed by atoms with E-state index in [9.17, 15) is 4.79 Å². The van der Waals surface area contributed by atoms with Crippen molar-refractivity contribution in [1.82, 2.24) is 15.1 Å². The van der Waals surface area contributed by atoms with E-state index in [4.69, 9.17) is 9.47 Å². The second kappa shape index (κ2) is 8.95. The molecule has 0 radical (unpaired) electrons. The summed E-state index contributed by atoms with van der Waals surface area (Å²) in [7, 11) is 1.59. The van der Waals surface area contributed by atoms with Crippen LogP contribution >= 0.6 is 0 Å². The van der Waals surface area contributed by atoms with Gasteiger partial charge >= 0.3 is 0 Å². The molecule has 0 aliphatic carbocycles. The average Bonchev–Trinajstić information content (AvgIpc) is 2.80. The van der Waals surface area contributed by atoms with Crippen LogP contribution in [0, 0.1) is 5.92 Å². The molecule has 3 aromatic rings. The van der Waals surface area contributed by atoms with Crippen molar-refractivity contribution in [2.45, 2.75) is 19.8 Å². The summed E-state index contributed by atoms with van der Waals surface area (Å²) in [5.41, 5.74) is 2.32. The highest BCUT2D eigenvalue weighted by Gasteiger charge is 2.21. The first kappa shape index (κ1) is 19.9. The van der Waals surface area contributed by atoms with Gasteiger partial charge in [-0.25, -0.2) is 0 Å². The summed E-state index contributed by atoms with van der Waals surface area (Å²) in [5.74, 6) is 2.39. The SMILES string of the molecule is COc1ccccc1Oc1ccc(-c2ccc(C(=O)N3CCC(C)CC3)cc2)nn1. The molecule has 2 heterocycles. The molecule has 0 N–H and O–H groups in total. The van der Waals surface area contributed by atoms with Crippen molar-refractivity contribution in [2.24, 2.45) is 5.92 Å². The minimum absolute atomic E-state index is 0.0973. The molecule has 30 heavy (non-hydrogen) atoms. The summed E-state index contributed by atoms with van der Waals surface area (Å²) in [6.45, 7) is 3.91. The van der Waals surface area contributed by atoms with Gasteiger partial charge < -0.3 is 14.4 Å². The molecule has 1 saturated heterocycles. The Morgan fingerprint density at radius 3 is 2.27 bits per heavy atom. The lowest BCUT2D eigenvalue weighted by molar-refractivity contribution is 0.0697. The van der Waals surface area contributed by atoms with Crippen molar-refractivity contribution < 1.29 is 14.3 Å². The molecule has 0 atom stereocenters. The van der Waals surface area contributed by atoms with Crippen LogP contribution in [0.3, 0.4) is 0 Å². The molecule has 0 saturated carbocycles. The number of piperidine rings is 1. The Bertz CT molecular complexity index is 995. The van der Waals surface area contributed by atoms with E-state index in [1.807, 2.05) is 59.5 Å². The number of amides is 1. The molecule has 4 rings (SSSR count). The molecule has 1 aliphatic heterocycles. The van der Waals surface area contributed by atoms with Crippen LogP contribution in [0.1, 0.15) is 30.1 Å². The first-order valence-corrected chi connectivity index (χ1v) is 10.2. The molecule has 0 bridgehead atoms. The van der Waals surface area contributed by atoms with Crippen molar-refractivity contribution in [3.8, 4) is 28.6 Å². The minimum atomic E-state index is 0.0973. The van der Waals surface area contributed by atoms with Crippen molar-refractivity contribution >= 4 is 5.91 Å². The summed E-state index contributed by atoms with van der Waals surface area (Å²) in [6.07, 6.45) is 2.14. The van der Waals surface area contributed by atoms with E-state index in [0.29, 0.717) is 34.6 Å². The van der Waals surface area contributed by atoms with Crippen LogP contribution in [-0.4, -0.2) is 41.2 Å². The second-order valence-electron chi connectivity index (χ2n) is 7.56. The maximum absolute atomic E-state index is 12.7. The zero-order chi connectivity index (χ0) is 20.9. The number of benzene rings is 2. The third-order valence-electron chi connectivity index (χ3n) is 5.42. The Kier molecular flexibility index (Phi) is 5.93. The topological polar surface area (TPSA) is 64.6 Å². The van der Waals surface area contributed by atoms with Gasteiger partial charge in [-0.2, -0.15) is 0 Å². The molecular weight excluding hydrogens is 378 g/mol. The minimum Gasteiger partial charge on any atom is -0.493 e. The Hall–Kier alpha value is -3.41. The summed E-state index contributed by atoms with van der Waals surface area (Å²) >= 11 is 0. The number of carbonyl (C=O) groups excluding carboxylic acids is 1. The van der Waals surface area contributed by atoms with Gasteiger partial charge in [0.15, 0.2) is 11.5 Å². The molecule has 1 aromatic heterocycles. The van der Waals surface area contributed by atoms with Crippen LogP contribution in [0.5, 0.6) is 17.4 Å². The van der Waals surface area contributed by atoms with Gasteiger partial charge in [0.2, 0.25) is 5.88 Å². The average molecular weight is 403 g/mol. The lowest BCUT2D eigenvalue weighted by atomic mass is 9.98. The fourth-order valence-electron chi connectivity index (χ4n) is 3.52. The van der Waals surface area contributed by atoms with E-state index < -0.39 is 0 Å². The number of nitrogens with zero attached hydrogens (tertiary/aromatic N) is 3. The number of hydrogen-bond donors (Lipinski definition) is 0. The summed E-state index contributed by atoms with van der Waals surface area (Å²) in [6, 6.07) is 18.5. The number of para-hydroxylation sites is 2. The highest BCUT2D eigenvalue weighted by molar-refractivity contribution is 5.94. The van der Waals surface area contributed by atoms with E-state index in [-0.39, 0.29) is 5.91 Å². The molecule has 2 aromatic carbocycles. The molecule has 6 heteroatoms. The number of hydrogen-bond acceptors (Lipinski definition) is 5. The van der Waals surface area contributed by atoms with Crippen LogP contribution in [-0.2, 0) is 0 Å². The maximum Gasteiger partial charge on any atom is 0.253 e. The van der Waals surface area contributed by atoms with Gasteiger partial charge in [-0.15, -0.1) is 10.2 Å². The molecule has 1 amide bonds. The lowest BCUT2D eigenvalue weighted by Gasteiger charge is -2.30. The third-order valence-corrected chi connectivity index (χ3v) is 5.42. The molecule has 6 nitrogen and oxygen atoms in total. The van der Waals surface area contributed by atoms with E-state index in [1.54, 1.807) is 13.2 Å². The Morgan fingerprint density at radius 1 is 0.933 bits per heavy atom. The van der Waals surface area contributed by atoms with Gasteiger partial charge in [-0.1, -0.05) is 31.2 Å². The first-order chi connectivity index (χ1) is 14.6. The zero-order valence-electron chi connectivity index (χ0n) is 17.2. The fraction of sp³-hybridized carbons (Fsp3) is 0.292. The number of carbonyl (C=O) groups is 1. The van der Waals surface area contributed by atoms with Crippen molar-refractivity contribution in [1.29, 1.82) is 0 Å². The second-order valence-corrected chi connectivity index (χ2v) is 7.56. The van der Waals surface area contributed by atoms with E-state index in [1.165, 1.54) is 0 Å². The third kappa shape index (κ3) is 4.43. The largest absolute Gasteiger partial charge is 0.493 e. The van der Waals surface area contributed by atoms with Crippen LogP contribution in [0.25, 0.3) is 11.3 Å². The number of aromatic nitrogens is 2. The summed E-state index contributed by atoms with van der Waals surface area (Å²) in [5, 5.41) is 8.42. The van der Waals surface area contributed by atoms with Crippen molar-refractivity contribution in [3.63, 3.8) is 0 Å². The predicted molar refractivity (Wildman–Crippen MR) is 115 cm³/mol. The first-order valence-electron chi connectivity index (χ1n) is 10.2. The van der Waals surface area contributed by atoms with Gasteiger partial charge in [-0.05, 0) is 49.1 Å². The lowest BCUT2D eigenvalue weighted by Crippen LogP contribution is -2.37. The molecule has 0 spiro atoms. The van der Waals surface area contributed by atoms with Gasteiger partial charge in [0, 0.05) is 30.3 Å². The van der Waals surface area contributed by atoms with Gasteiger partial charge in [0.25, 0.3) is 5.91 Å². The molecular formula is C24H25N3O3. The number of likely N-dealkylation sites (tertiary alicyclic amines) is 1. The zero-order valence-corrected chi connectivity index (χ0v) is 17.2. The molecule has 154 valence electrons. The smallest absolute Gasteiger partial charge is 0.253 e. The Labute approximate surface area is 176 Å². The standard InChI is InChI=1S/C24H25N3O3/c1-17-13-15-27(16-14-17)24(28)19-9-7-18(8-10-19)20-11-12-23(26-25-20)30-22-6-4-3-5-21(22)29-2/h3-12,17H,13-16H2,1-2H3. The summed E-state index contributed by atoms with van der Waals surface area (Å²) in [4.78, 5) is 14.6. The van der Waals surface area contributed by atoms with Gasteiger partial charge in [0.1, 0.15) is 0 Å². The summed E-state index contributed by atoms with van der Waals surface area (Å²) < 4.78 is 11.1. The monoisotopic (exact) mass is 403 g/mol. The van der Waals surface area contributed by atoms with Crippen LogP contribution < -0.4 is 9.47 Å². The van der Waals surface area contributed by atoms with Crippen LogP contribution in [0.15, 0.2) is 60.7 Å². The molecule has 1 fully saturated rings. The van der Waals surface area contributed by atoms with Crippen molar-refractivity contribution in [3.05, 3.63) is 66.2 Å². The number of ether oxygens (including phenoxy) is 2. The molecule has 1 aliphatic rings. The van der Waals surface area contributed by atoms with Gasteiger partial charge in [0.05, 0.1) is 12.8 Å². The van der Waals surface area contributed by atoms with Crippen LogP contribution in [0.2, 0.25) is 0 Å². The fourth-order valence-corrected chi connectivity index (χ4v) is 3.52. The highest BCUT2D eigenvalue weighted by atomic mass is 16.5. The quantitative estimate of drug-likeness (QED) is 0.611. The number of rotatable bonds is 5. The van der Waals surface area contributed by atoms with E-state index in [2.05, 4.69) is 17.1 Å². The number of methoxy groups -OCH3 is 1. The van der Waals surface area contributed by atoms with E-state index in [0.717, 1.165) is 31.5 Å². The van der Waals surface area contributed by atoms with Crippen molar-refractivity contribution in [2.75, 3.05) is 20.2 Å². The van der Waals surface area contributed by atoms with E-state index >= 15 is 0 Å². The normalized spacial score (nSPS) is 14.4. The highest BCUT2D eigenvalue weighted by Crippen LogP contribution is 2.30. The predicted octanol–water partition coefficient (Wildman–Crippen LogP) is 4.82. The maximum atomic E-state index is 12.7. The Balaban J connectivity index is 1.43. The Morgan fingerprint density at radius 2 is 1.63 bits per heavy atom. The van der Waals surface area contributed by atoms with Gasteiger partial charge in [-0.3, -0.25) is 4.79 Å². The molecule has 0 unspecified atom stereocenters.